The quantitative estimate of drug-likeness (QED) is 0.102. The van der Waals surface area contributed by atoms with Gasteiger partial charge in [0.05, 0.1) is 43.3 Å². The number of anilines is 1. The minimum atomic E-state index is -3.93. The lowest BCUT2D eigenvalue weighted by atomic mass is 9.85. The minimum Gasteiger partial charge on any atom is -0.444 e. The van der Waals surface area contributed by atoms with Crippen molar-refractivity contribution in [3.05, 3.63) is 69.1 Å². The van der Waals surface area contributed by atoms with Gasteiger partial charge in [0.25, 0.3) is 5.91 Å². The summed E-state index contributed by atoms with van der Waals surface area (Å²) in [4.78, 5) is 81.7. The van der Waals surface area contributed by atoms with Crippen LogP contribution in [0.15, 0.2) is 54.0 Å². The zero-order valence-electron chi connectivity index (χ0n) is 33.6. The average Bonchev–Trinajstić information content (AvgIpc) is 4.07. The number of rotatable bonds is 11. The number of hydrogen-bond donors (Lipinski definition) is 4. The second kappa shape index (κ2) is 19.1. The van der Waals surface area contributed by atoms with Crippen molar-refractivity contribution in [3.8, 4) is 0 Å². The van der Waals surface area contributed by atoms with Crippen LogP contribution < -0.4 is 20.7 Å². The van der Waals surface area contributed by atoms with Crippen LogP contribution in [0.25, 0.3) is 0 Å². The fraction of sp³-hybridized carbons (Fsp3) is 0.487. The number of carbonyl (C=O) groups excluding carboxylic acids is 6. The third-order valence-corrected chi connectivity index (χ3v) is 12.9. The Hall–Kier alpha value is -4.38. The molecule has 0 spiro atoms. The van der Waals surface area contributed by atoms with E-state index in [1.807, 2.05) is 0 Å². The third kappa shape index (κ3) is 12.4. The summed E-state index contributed by atoms with van der Waals surface area (Å²) in [7, 11) is -3.93. The Kier molecular flexibility index (Phi) is 15.4. The lowest BCUT2D eigenvalue weighted by Gasteiger charge is -2.36. The minimum absolute atomic E-state index is 0.0799. The van der Waals surface area contributed by atoms with Crippen LogP contribution in [0, 0.1) is 11.3 Å². The predicted molar refractivity (Wildman–Crippen MR) is 227 cm³/mol. The summed E-state index contributed by atoms with van der Waals surface area (Å²) in [5.41, 5.74) is -2.84. The zero-order chi connectivity index (χ0) is 45.0. The maximum Gasteiger partial charge on any atom is 0.412 e. The molecule has 5 rings (SSSR count). The molecule has 5 amide bonds. The highest BCUT2D eigenvalue weighted by Gasteiger charge is 2.62. The summed E-state index contributed by atoms with van der Waals surface area (Å²) >= 11 is 23.5. The number of likely N-dealkylation sites (tertiary alicyclic amines) is 1. The van der Waals surface area contributed by atoms with Gasteiger partial charge in [-0.2, -0.15) is 4.99 Å². The van der Waals surface area contributed by atoms with Gasteiger partial charge in [0, 0.05) is 12.3 Å². The molecule has 3 aliphatic rings. The van der Waals surface area contributed by atoms with Crippen molar-refractivity contribution in [1.29, 1.82) is 0 Å². The van der Waals surface area contributed by atoms with Crippen molar-refractivity contribution in [2.24, 2.45) is 16.3 Å². The molecule has 60 heavy (non-hydrogen) atoms. The van der Waals surface area contributed by atoms with Gasteiger partial charge in [-0.25, -0.2) is 22.8 Å². The van der Waals surface area contributed by atoms with Crippen molar-refractivity contribution in [2.45, 2.75) is 102 Å². The van der Waals surface area contributed by atoms with Gasteiger partial charge in [0.2, 0.25) is 27.9 Å². The first kappa shape index (κ1) is 48.3. The van der Waals surface area contributed by atoms with Gasteiger partial charge in [-0.15, -0.1) is 6.58 Å². The molecule has 3 fully saturated rings. The van der Waals surface area contributed by atoms with Crippen LogP contribution >= 0.6 is 46.4 Å². The van der Waals surface area contributed by atoms with Crippen LogP contribution in [0.2, 0.25) is 20.1 Å². The molecule has 2 aromatic rings. The second-order valence-electron chi connectivity index (χ2n) is 16.4. The van der Waals surface area contributed by atoms with E-state index in [2.05, 4.69) is 32.2 Å². The molecule has 21 heteroatoms. The van der Waals surface area contributed by atoms with E-state index in [1.165, 1.54) is 29.2 Å². The Morgan fingerprint density at radius 2 is 1.58 bits per heavy atom. The highest BCUT2D eigenvalue weighted by Crippen LogP contribution is 2.45. The third-order valence-electron chi connectivity index (χ3n) is 9.43. The molecule has 2 aliphatic carbocycles. The van der Waals surface area contributed by atoms with Crippen molar-refractivity contribution >= 4 is 104 Å². The molecule has 1 unspecified atom stereocenters. The molecule has 1 heterocycles. The maximum absolute atomic E-state index is 14.2. The first-order valence-corrected chi connectivity index (χ1v) is 21.6. The molecule has 16 nitrogen and oxygen atoms in total. The van der Waals surface area contributed by atoms with Gasteiger partial charge in [0.1, 0.15) is 29.3 Å². The molecule has 1 saturated heterocycles. The fourth-order valence-corrected chi connectivity index (χ4v) is 8.20. The van der Waals surface area contributed by atoms with E-state index in [1.54, 1.807) is 65.8 Å². The number of ether oxygens (including phenoxy) is 2. The van der Waals surface area contributed by atoms with Crippen LogP contribution in [0.5, 0.6) is 0 Å². The number of amides is 5. The highest BCUT2D eigenvalue weighted by molar-refractivity contribution is 7.91. The van der Waals surface area contributed by atoms with E-state index in [0.29, 0.717) is 23.6 Å². The second-order valence-corrected chi connectivity index (χ2v) is 19.9. The Bertz CT molecular complexity index is 2190. The number of benzene rings is 2. The number of sulfonamides is 1. The molecule has 0 bridgehead atoms. The maximum atomic E-state index is 14.2. The molecule has 0 radical (unpaired) electrons. The van der Waals surface area contributed by atoms with Gasteiger partial charge in [0.15, 0.2) is 0 Å². The van der Waals surface area contributed by atoms with E-state index in [-0.39, 0.29) is 40.1 Å². The number of nitrogens with one attached hydrogen (secondary N) is 4. The van der Waals surface area contributed by atoms with Crippen molar-refractivity contribution in [3.63, 3.8) is 0 Å². The molecule has 5 atom stereocenters. The molecule has 2 saturated carbocycles. The number of aliphatic imine (C=N–C) groups is 1. The lowest BCUT2D eigenvalue weighted by molar-refractivity contribution is -0.143. The van der Waals surface area contributed by atoms with Gasteiger partial charge in [-0.05, 0) is 69.7 Å². The molecule has 0 aromatic heterocycles. The van der Waals surface area contributed by atoms with Crippen molar-refractivity contribution < 1.29 is 46.7 Å². The number of carbonyl (C=O) groups is 5. The summed E-state index contributed by atoms with van der Waals surface area (Å²) in [5.74, 6) is -2.94. The van der Waals surface area contributed by atoms with E-state index in [9.17, 15) is 37.2 Å². The molecule has 326 valence electrons. The summed E-state index contributed by atoms with van der Waals surface area (Å²) in [6.45, 7) is 13.6. The van der Waals surface area contributed by atoms with Crippen LogP contribution in [0.3, 0.4) is 0 Å². The first-order chi connectivity index (χ1) is 27.8. The van der Waals surface area contributed by atoms with E-state index in [4.69, 9.17) is 55.9 Å². The van der Waals surface area contributed by atoms with Gasteiger partial charge >= 0.3 is 12.2 Å². The Labute approximate surface area is 368 Å². The Morgan fingerprint density at radius 3 is 2.13 bits per heavy atom. The van der Waals surface area contributed by atoms with E-state index in [0.717, 1.165) is 0 Å². The van der Waals surface area contributed by atoms with Crippen LogP contribution in [-0.2, 0) is 38.7 Å². The first-order valence-electron chi connectivity index (χ1n) is 18.6. The van der Waals surface area contributed by atoms with Gasteiger partial charge < -0.3 is 25.0 Å². The van der Waals surface area contributed by atoms with Gasteiger partial charge in [-0.1, -0.05) is 85.4 Å². The monoisotopic (exact) mass is 930 g/mol. The largest absolute Gasteiger partial charge is 0.444 e. The fourth-order valence-electron chi connectivity index (χ4n) is 6.15. The van der Waals surface area contributed by atoms with Crippen LogP contribution in [0.1, 0.15) is 67.2 Å². The highest BCUT2D eigenvalue weighted by atomic mass is 35.5. The number of alkyl carbamates (subject to hydrolysis) is 1. The van der Waals surface area contributed by atoms with Crippen molar-refractivity contribution in [2.75, 3.05) is 11.9 Å². The molecule has 4 N–H and O–H groups in total. The summed E-state index contributed by atoms with van der Waals surface area (Å²) in [6.07, 6.45) is 0.773. The Balaban J connectivity index is 0.000000624. The molecular formula is C39H46Cl4N6O10S. The predicted octanol–water partition coefficient (Wildman–Crippen LogP) is 7.08. The zero-order valence-corrected chi connectivity index (χ0v) is 37.4. The summed E-state index contributed by atoms with van der Waals surface area (Å²) in [6, 6.07) is 6.98. The van der Waals surface area contributed by atoms with Crippen LogP contribution in [-0.4, -0.2) is 90.4 Å². The van der Waals surface area contributed by atoms with Crippen molar-refractivity contribution in [1.82, 2.24) is 20.3 Å². The molecule has 2 aromatic carbocycles. The number of isocyanates is 1. The smallest absolute Gasteiger partial charge is 0.412 e. The SMILES string of the molecule is C=CC1C[C@]1(NC(=O)[C@@H]1C[C@@H](OC(=O)Nc2cccc(Cl)c2Cl)CN1C(=O)[C@@H](NC(=O)OC(C)(C)C)C(C)(C)C)C(=O)NS(=O)(=O)C1CC1.O=C=Nc1cccc(Cl)c1Cl. The summed E-state index contributed by atoms with van der Waals surface area (Å²) in [5, 5.41) is 8.03. The standard InChI is InChI=1S/C32H43Cl2N5O9S.C7H3Cl2NO/c1-8-17-15-32(17,27(42)38-49(45,46)19-12-13-19)37-25(40)22-14-18(47-28(43)35-21-11-9-10-20(33)23(21)34)16-39(22)26(41)24(30(2,3)4)36-29(44)48-31(5,6)7;8-5-2-1-3-6(7(5)9)10-4-11/h8-11,17-19,22,24H,1,12-16H2,2-7H3,(H,35,43)(H,36,44)(H,37,40)(H,38,42);1-3H/t17?,18-,22+,24-,32-;/m1./s1. The lowest BCUT2D eigenvalue weighted by Crippen LogP contribution is -2.60. The number of hydrogen-bond acceptors (Lipinski definition) is 11. The molecule has 1 aliphatic heterocycles. The Morgan fingerprint density at radius 1 is 0.967 bits per heavy atom. The topological polar surface area (TPSA) is 219 Å². The van der Waals surface area contributed by atoms with Crippen LogP contribution in [0.4, 0.5) is 21.0 Å². The van der Waals surface area contributed by atoms with E-state index >= 15 is 0 Å². The van der Waals surface area contributed by atoms with E-state index < -0.39 is 85.8 Å². The molecular weight excluding hydrogens is 886 g/mol. The van der Waals surface area contributed by atoms with Gasteiger partial charge in [-0.3, -0.25) is 24.4 Å². The average molecular weight is 933 g/mol. The normalized spacial score (nSPS) is 21.4. The number of halogens is 4. The number of nitrogens with zero attached hydrogens (tertiary/aromatic N) is 2. The summed E-state index contributed by atoms with van der Waals surface area (Å²) < 4.78 is 38.2.